The smallest absolute Gasteiger partial charge is 0.163 e. The summed E-state index contributed by atoms with van der Waals surface area (Å²) >= 11 is 1.45. The first kappa shape index (κ1) is 12.5. The number of carbonyl (C=O) groups is 1. The van der Waals surface area contributed by atoms with Crippen LogP contribution in [-0.2, 0) is 0 Å². The Morgan fingerprint density at radius 2 is 2.25 bits per heavy atom. The number of nitrogens with zero attached hydrogens (tertiary/aromatic N) is 2. The number of nitriles is 1. The van der Waals surface area contributed by atoms with E-state index in [1.54, 1.807) is 6.92 Å². The lowest BCUT2D eigenvalue weighted by atomic mass is 10.1. The van der Waals surface area contributed by atoms with Gasteiger partial charge in [-0.05, 0) is 19.6 Å². The molecular weight excluding hydrogens is 222 g/mol. The van der Waals surface area contributed by atoms with Crippen LogP contribution < -0.4 is 5.73 Å². The summed E-state index contributed by atoms with van der Waals surface area (Å²) in [7, 11) is 0. The summed E-state index contributed by atoms with van der Waals surface area (Å²) < 4.78 is 0. The van der Waals surface area contributed by atoms with Gasteiger partial charge in [0.15, 0.2) is 5.78 Å². The molecule has 0 saturated carbocycles. The predicted octanol–water partition coefficient (Wildman–Crippen LogP) is 2.16. The lowest BCUT2D eigenvalue weighted by Gasteiger charge is -2.10. The van der Waals surface area contributed by atoms with Crippen LogP contribution in [0, 0.1) is 18.3 Å². The van der Waals surface area contributed by atoms with Crippen molar-refractivity contribution < 1.29 is 4.79 Å². The van der Waals surface area contributed by atoms with Crippen LogP contribution in [0.1, 0.15) is 35.5 Å². The van der Waals surface area contributed by atoms with Crippen molar-refractivity contribution >= 4 is 23.2 Å². The van der Waals surface area contributed by atoms with E-state index < -0.39 is 0 Å². The van der Waals surface area contributed by atoms with Gasteiger partial charge in [-0.1, -0.05) is 6.92 Å². The highest BCUT2D eigenvalue weighted by molar-refractivity contribution is 7.99. The fraction of sp³-hybridized carbons (Fsp3) is 0.364. The maximum absolute atomic E-state index is 11.4. The Morgan fingerprint density at radius 1 is 1.62 bits per heavy atom. The van der Waals surface area contributed by atoms with Crippen molar-refractivity contribution in [2.75, 3.05) is 11.5 Å². The summed E-state index contributed by atoms with van der Waals surface area (Å²) in [5, 5.41) is 9.63. The summed E-state index contributed by atoms with van der Waals surface area (Å²) in [6.45, 7) is 5.13. The molecule has 2 N–H and O–H groups in total. The van der Waals surface area contributed by atoms with Gasteiger partial charge >= 0.3 is 0 Å². The minimum atomic E-state index is -0.160. The molecule has 0 fully saturated rings. The van der Waals surface area contributed by atoms with E-state index in [0.717, 1.165) is 5.75 Å². The molecule has 0 bridgehead atoms. The first-order chi connectivity index (χ1) is 7.52. The van der Waals surface area contributed by atoms with Crippen LogP contribution in [0.25, 0.3) is 0 Å². The number of ketones is 1. The average Bonchev–Trinajstić information content (AvgIpc) is 2.17. The van der Waals surface area contributed by atoms with Gasteiger partial charge in [-0.3, -0.25) is 4.79 Å². The van der Waals surface area contributed by atoms with Crippen LogP contribution in [-0.4, -0.2) is 16.5 Å². The number of nitrogen functional groups attached to an aromatic ring is 1. The predicted molar refractivity (Wildman–Crippen MR) is 64.5 cm³/mol. The molecule has 0 radical (unpaired) electrons. The summed E-state index contributed by atoms with van der Waals surface area (Å²) in [6, 6.07) is 2.01. The van der Waals surface area contributed by atoms with Crippen molar-refractivity contribution in [3.05, 3.63) is 16.8 Å². The first-order valence-electron chi connectivity index (χ1n) is 4.86. The molecule has 0 saturated heterocycles. The van der Waals surface area contributed by atoms with Crippen LogP contribution in [0.4, 0.5) is 5.69 Å². The summed E-state index contributed by atoms with van der Waals surface area (Å²) in [6.07, 6.45) is 0. The fourth-order valence-corrected chi connectivity index (χ4v) is 2.27. The SMILES string of the molecule is CCSc1nc(C)c(C(C)=O)c(N)c1C#N. The number of carbonyl (C=O) groups excluding carboxylic acids is 1. The Hall–Kier alpha value is -1.54. The Morgan fingerprint density at radius 3 is 2.69 bits per heavy atom. The van der Waals surface area contributed by atoms with E-state index in [4.69, 9.17) is 11.0 Å². The number of hydrogen-bond donors (Lipinski definition) is 1. The normalized spacial score (nSPS) is 9.88. The van der Waals surface area contributed by atoms with Gasteiger partial charge in [-0.15, -0.1) is 11.8 Å². The van der Waals surface area contributed by atoms with E-state index in [9.17, 15) is 4.79 Å². The van der Waals surface area contributed by atoms with Crippen molar-refractivity contribution in [1.82, 2.24) is 4.98 Å². The fourth-order valence-electron chi connectivity index (χ4n) is 1.49. The lowest BCUT2D eigenvalue weighted by molar-refractivity contribution is 0.101. The molecule has 5 heteroatoms. The molecule has 1 heterocycles. The van der Waals surface area contributed by atoms with Crippen molar-refractivity contribution in [1.29, 1.82) is 5.26 Å². The highest BCUT2D eigenvalue weighted by Crippen LogP contribution is 2.29. The standard InChI is InChI=1S/C11H13N3OS/c1-4-16-11-8(5-12)10(13)9(7(3)15)6(2)14-11/h4H2,1-3H3,(H2,13,14). The number of thioether (sulfide) groups is 1. The van der Waals surface area contributed by atoms with E-state index in [2.05, 4.69) is 4.98 Å². The number of aromatic nitrogens is 1. The molecule has 1 aromatic heterocycles. The molecule has 0 atom stereocenters. The van der Waals surface area contributed by atoms with Crippen LogP contribution in [0.2, 0.25) is 0 Å². The van der Waals surface area contributed by atoms with E-state index in [1.165, 1.54) is 18.7 Å². The summed E-state index contributed by atoms with van der Waals surface area (Å²) in [4.78, 5) is 15.6. The Bertz CT molecular complexity index is 477. The van der Waals surface area contributed by atoms with Crippen molar-refractivity contribution in [3.63, 3.8) is 0 Å². The van der Waals surface area contributed by atoms with E-state index in [0.29, 0.717) is 21.8 Å². The number of rotatable bonds is 3. The Kier molecular flexibility index (Phi) is 3.91. The van der Waals surface area contributed by atoms with Crippen molar-refractivity contribution in [2.24, 2.45) is 0 Å². The van der Waals surface area contributed by atoms with Gasteiger partial charge in [0.05, 0.1) is 16.9 Å². The highest BCUT2D eigenvalue weighted by Gasteiger charge is 2.18. The molecule has 0 aromatic carbocycles. The largest absolute Gasteiger partial charge is 0.397 e. The molecule has 84 valence electrons. The summed E-state index contributed by atoms with van der Waals surface area (Å²) in [5.74, 6) is 0.645. The third kappa shape index (κ3) is 2.17. The first-order valence-corrected chi connectivity index (χ1v) is 5.85. The number of Topliss-reactive ketones (excluding diaryl/α,β-unsaturated/α-hetero) is 1. The number of pyridine rings is 1. The van der Waals surface area contributed by atoms with Gasteiger partial charge in [0, 0.05) is 0 Å². The Balaban J connectivity index is 3.51. The number of anilines is 1. The maximum Gasteiger partial charge on any atom is 0.163 e. The molecule has 0 aliphatic heterocycles. The third-order valence-electron chi connectivity index (χ3n) is 2.13. The van der Waals surface area contributed by atoms with Crippen molar-refractivity contribution in [2.45, 2.75) is 25.8 Å². The van der Waals surface area contributed by atoms with Crippen LogP contribution in [0.3, 0.4) is 0 Å². The number of hydrogen-bond acceptors (Lipinski definition) is 5. The van der Waals surface area contributed by atoms with E-state index >= 15 is 0 Å². The minimum absolute atomic E-state index is 0.160. The second-order valence-corrected chi connectivity index (χ2v) is 4.52. The quantitative estimate of drug-likeness (QED) is 0.641. The topological polar surface area (TPSA) is 79.8 Å². The van der Waals surface area contributed by atoms with Gasteiger partial charge in [-0.25, -0.2) is 4.98 Å². The van der Waals surface area contributed by atoms with E-state index in [-0.39, 0.29) is 11.5 Å². The van der Waals surface area contributed by atoms with Gasteiger partial charge in [-0.2, -0.15) is 5.26 Å². The van der Waals surface area contributed by atoms with Crippen LogP contribution in [0.15, 0.2) is 5.03 Å². The lowest BCUT2D eigenvalue weighted by Crippen LogP contribution is -2.08. The Labute approximate surface area is 98.9 Å². The molecule has 0 unspecified atom stereocenters. The van der Waals surface area contributed by atoms with Crippen molar-refractivity contribution in [3.8, 4) is 6.07 Å². The van der Waals surface area contributed by atoms with Gasteiger partial charge in [0.25, 0.3) is 0 Å². The monoisotopic (exact) mass is 235 g/mol. The molecule has 1 rings (SSSR count). The zero-order valence-corrected chi connectivity index (χ0v) is 10.3. The molecule has 0 spiro atoms. The van der Waals surface area contributed by atoms with Crippen LogP contribution >= 0.6 is 11.8 Å². The molecule has 1 aromatic rings. The third-order valence-corrected chi connectivity index (χ3v) is 2.99. The molecule has 0 aliphatic carbocycles. The van der Waals surface area contributed by atoms with Gasteiger partial charge in [0.1, 0.15) is 16.7 Å². The average molecular weight is 235 g/mol. The molecule has 4 nitrogen and oxygen atoms in total. The molecule has 0 aliphatic rings. The number of aryl methyl sites for hydroxylation is 1. The molecule has 0 amide bonds. The second-order valence-electron chi connectivity index (χ2n) is 3.27. The second kappa shape index (κ2) is 4.99. The van der Waals surface area contributed by atoms with Gasteiger partial charge in [0.2, 0.25) is 0 Å². The highest BCUT2D eigenvalue weighted by atomic mass is 32.2. The molecule has 16 heavy (non-hydrogen) atoms. The van der Waals surface area contributed by atoms with Gasteiger partial charge < -0.3 is 5.73 Å². The maximum atomic E-state index is 11.4. The zero-order chi connectivity index (χ0) is 12.3. The van der Waals surface area contributed by atoms with Crippen LogP contribution in [0.5, 0.6) is 0 Å². The van der Waals surface area contributed by atoms with E-state index in [1.807, 2.05) is 13.0 Å². The number of nitrogens with two attached hydrogens (primary N) is 1. The minimum Gasteiger partial charge on any atom is -0.397 e. The molecular formula is C11H13N3OS. The zero-order valence-electron chi connectivity index (χ0n) is 9.50. The summed E-state index contributed by atoms with van der Waals surface area (Å²) in [5.41, 5.74) is 7.33.